The number of aromatic nitrogens is 1. The van der Waals surface area contributed by atoms with Crippen LogP contribution in [0.25, 0.3) is 0 Å². The lowest BCUT2D eigenvalue weighted by atomic mass is 10.2. The monoisotopic (exact) mass is 281 g/mol. The number of hydrogen-bond donors (Lipinski definition) is 2. The molecular weight excluding hydrogens is 269 g/mol. The lowest BCUT2D eigenvalue weighted by Gasteiger charge is -2.22. The number of rotatable bonds is 4. The number of alkyl halides is 3. The third-order valence-corrected chi connectivity index (χ3v) is 2.92. The van der Waals surface area contributed by atoms with Crippen LogP contribution in [0.2, 0.25) is 0 Å². The Labute approximate surface area is 106 Å². The standard InChI is InChI=1S/C11H12F5N3/c1-2-17-8-6(12)5-7(13)9(18-8)19-10(3-4-10)11(14,15)16/h5H,2-4H2,1H3,(H2,17,18,19). The summed E-state index contributed by atoms with van der Waals surface area (Å²) in [5.41, 5.74) is -2.14. The molecule has 0 bridgehead atoms. The van der Waals surface area contributed by atoms with Gasteiger partial charge in [0.2, 0.25) is 0 Å². The highest BCUT2D eigenvalue weighted by Crippen LogP contribution is 2.51. The number of anilines is 2. The quantitative estimate of drug-likeness (QED) is 0.831. The fraction of sp³-hybridized carbons (Fsp3) is 0.545. The van der Waals surface area contributed by atoms with E-state index in [2.05, 4.69) is 10.3 Å². The van der Waals surface area contributed by atoms with Crippen molar-refractivity contribution >= 4 is 11.6 Å². The normalized spacial score (nSPS) is 17.2. The van der Waals surface area contributed by atoms with Gasteiger partial charge < -0.3 is 10.6 Å². The summed E-state index contributed by atoms with van der Waals surface area (Å²) in [5.74, 6) is -2.95. The molecule has 0 radical (unpaired) electrons. The van der Waals surface area contributed by atoms with Crippen LogP contribution in [0.3, 0.4) is 0 Å². The lowest BCUT2D eigenvalue weighted by Crippen LogP contribution is -2.39. The predicted molar refractivity (Wildman–Crippen MR) is 60.0 cm³/mol. The maximum Gasteiger partial charge on any atom is 0.411 e. The van der Waals surface area contributed by atoms with E-state index in [-0.39, 0.29) is 18.7 Å². The molecule has 1 aromatic heterocycles. The third kappa shape index (κ3) is 2.57. The summed E-state index contributed by atoms with van der Waals surface area (Å²) in [6.07, 6.45) is -4.79. The van der Waals surface area contributed by atoms with Crippen molar-refractivity contribution in [3.63, 3.8) is 0 Å². The summed E-state index contributed by atoms with van der Waals surface area (Å²) in [7, 11) is 0. The van der Waals surface area contributed by atoms with Crippen LogP contribution in [0.1, 0.15) is 19.8 Å². The molecule has 1 fully saturated rings. The molecule has 0 amide bonds. The summed E-state index contributed by atoms with van der Waals surface area (Å²) in [5, 5.41) is 4.56. The average molecular weight is 281 g/mol. The Balaban J connectivity index is 2.28. The molecule has 0 aromatic carbocycles. The molecule has 0 unspecified atom stereocenters. The van der Waals surface area contributed by atoms with E-state index < -0.39 is 29.2 Å². The average Bonchev–Trinajstić information content (AvgIpc) is 3.05. The number of pyridine rings is 1. The van der Waals surface area contributed by atoms with Gasteiger partial charge in [-0.15, -0.1) is 0 Å². The largest absolute Gasteiger partial charge is 0.411 e. The first-order valence-corrected chi connectivity index (χ1v) is 5.74. The zero-order chi connectivity index (χ0) is 14.3. The molecule has 0 spiro atoms. The van der Waals surface area contributed by atoms with Crippen LogP contribution >= 0.6 is 0 Å². The minimum Gasteiger partial charge on any atom is -0.368 e. The molecule has 1 heterocycles. The van der Waals surface area contributed by atoms with E-state index in [9.17, 15) is 22.0 Å². The molecule has 2 rings (SSSR count). The van der Waals surface area contributed by atoms with E-state index in [1.54, 1.807) is 6.92 Å². The number of nitrogens with one attached hydrogen (secondary N) is 2. The second-order valence-electron chi connectivity index (χ2n) is 4.38. The van der Waals surface area contributed by atoms with Crippen LogP contribution in [0, 0.1) is 11.6 Å². The number of nitrogens with zero attached hydrogens (tertiary/aromatic N) is 1. The van der Waals surface area contributed by atoms with E-state index in [0.717, 1.165) is 0 Å². The van der Waals surface area contributed by atoms with E-state index in [1.165, 1.54) is 0 Å². The Kier molecular flexibility index (Phi) is 3.27. The first-order chi connectivity index (χ1) is 8.79. The topological polar surface area (TPSA) is 37.0 Å². The molecule has 3 nitrogen and oxygen atoms in total. The van der Waals surface area contributed by atoms with Gasteiger partial charge in [-0.3, -0.25) is 0 Å². The van der Waals surface area contributed by atoms with E-state index in [1.807, 2.05) is 5.32 Å². The molecular formula is C11H12F5N3. The van der Waals surface area contributed by atoms with Gasteiger partial charge in [-0.25, -0.2) is 13.8 Å². The van der Waals surface area contributed by atoms with Crippen molar-refractivity contribution < 1.29 is 22.0 Å². The summed E-state index contributed by atoms with van der Waals surface area (Å²) < 4.78 is 65.0. The summed E-state index contributed by atoms with van der Waals surface area (Å²) in [6, 6.07) is 0.514. The van der Waals surface area contributed by atoms with Crippen LogP contribution in [-0.2, 0) is 0 Å². The Morgan fingerprint density at radius 2 is 1.79 bits per heavy atom. The molecule has 1 saturated carbocycles. The summed E-state index contributed by atoms with van der Waals surface area (Å²) in [6.45, 7) is 1.98. The Hall–Kier alpha value is -1.60. The molecule has 1 aliphatic carbocycles. The summed E-state index contributed by atoms with van der Waals surface area (Å²) in [4.78, 5) is 3.53. The SMILES string of the molecule is CCNc1nc(NC2(C(F)(F)F)CC2)c(F)cc1F. The van der Waals surface area contributed by atoms with Crippen LogP contribution in [0.5, 0.6) is 0 Å². The van der Waals surface area contributed by atoms with Crippen molar-refractivity contribution in [3.05, 3.63) is 17.7 Å². The molecule has 8 heteroatoms. The molecule has 19 heavy (non-hydrogen) atoms. The number of hydrogen-bond acceptors (Lipinski definition) is 3. The van der Waals surface area contributed by atoms with E-state index in [4.69, 9.17) is 0 Å². The van der Waals surface area contributed by atoms with Gasteiger partial charge in [0.05, 0.1) is 0 Å². The molecule has 1 aliphatic rings. The Bertz CT molecular complexity index is 482. The summed E-state index contributed by atoms with van der Waals surface area (Å²) >= 11 is 0. The Morgan fingerprint density at radius 3 is 2.26 bits per heavy atom. The third-order valence-electron chi connectivity index (χ3n) is 2.92. The second-order valence-corrected chi connectivity index (χ2v) is 4.38. The highest BCUT2D eigenvalue weighted by Gasteiger charge is 2.64. The molecule has 1 aromatic rings. The van der Waals surface area contributed by atoms with Gasteiger partial charge in [0.25, 0.3) is 0 Å². The molecule has 0 aliphatic heterocycles. The maximum atomic E-state index is 13.5. The lowest BCUT2D eigenvalue weighted by molar-refractivity contribution is -0.151. The maximum absolute atomic E-state index is 13.5. The van der Waals surface area contributed by atoms with Gasteiger partial charge in [0, 0.05) is 12.6 Å². The van der Waals surface area contributed by atoms with Crippen molar-refractivity contribution in [2.45, 2.75) is 31.5 Å². The fourth-order valence-corrected chi connectivity index (χ4v) is 1.68. The van der Waals surface area contributed by atoms with Crippen molar-refractivity contribution in [2.75, 3.05) is 17.2 Å². The van der Waals surface area contributed by atoms with Crippen LogP contribution in [0.15, 0.2) is 6.07 Å². The molecule has 2 N–H and O–H groups in total. The predicted octanol–water partition coefficient (Wildman–Crippen LogP) is 3.30. The van der Waals surface area contributed by atoms with Crippen LogP contribution < -0.4 is 10.6 Å². The zero-order valence-corrected chi connectivity index (χ0v) is 10.0. The molecule has 0 atom stereocenters. The van der Waals surface area contributed by atoms with Crippen molar-refractivity contribution in [1.82, 2.24) is 4.98 Å². The first kappa shape index (κ1) is 13.8. The van der Waals surface area contributed by atoms with Crippen molar-refractivity contribution in [2.24, 2.45) is 0 Å². The highest BCUT2D eigenvalue weighted by atomic mass is 19.4. The highest BCUT2D eigenvalue weighted by molar-refractivity contribution is 5.50. The fourth-order valence-electron chi connectivity index (χ4n) is 1.68. The van der Waals surface area contributed by atoms with Gasteiger partial charge in [-0.05, 0) is 19.8 Å². The van der Waals surface area contributed by atoms with Gasteiger partial charge in [0.1, 0.15) is 5.54 Å². The van der Waals surface area contributed by atoms with Crippen LogP contribution in [-0.4, -0.2) is 23.2 Å². The van der Waals surface area contributed by atoms with Gasteiger partial charge >= 0.3 is 6.18 Å². The van der Waals surface area contributed by atoms with Crippen molar-refractivity contribution in [3.8, 4) is 0 Å². The van der Waals surface area contributed by atoms with Crippen molar-refractivity contribution in [1.29, 1.82) is 0 Å². The smallest absolute Gasteiger partial charge is 0.368 e. The Morgan fingerprint density at radius 1 is 1.21 bits per heavy atom. The number of halogens is 5. The minimum atomic E-state index is -4.49. The zero-order valence-electron chi connectivity index (χ0n) is 10.0. The molecule has 0 saturated heterocycles. The second kappa shape index (κ2) is 4.50. The first-order valence-electron chi connectivity index (χ1n) is 5.74. The van der Waals surface area contributed by atoms with Crippen LogP contribution in [0.4, 0.5) is 33.6 Å². The van der Waals surface area contributed by atoms with E-state index >= 15 is 0 Å². The minimum absolute atomic E-state index is 0.147. The molecule has 106 valence electrons. The van der Waals surface area contributed by atoms with Gasteiger partial charge in [0.15, 0.2) is 23.3 Å². The van der Waals surface area contributed by atoms with Gasteiger partial charge in [-0.2, -0.15) is 13.2 Å². The van der Waals surface area contributed by atoms with E-state index in [0.29, 0.717) is 12.6 Å². The van der Waals surface area contributed by atoms with Gasteiger partial charge in [-0.1, -0.05) is 0 Å².